The van der Waals surface area contributed by atoms with Gasteiger partial charge in [-0.15, -0.1) is 10.2 Å². The molecule has 0 spiro atoms. The molecule has 2 aromatic heterocycles. The van der Waals surface area contributed by atoms with E-state index in [2.05, 4.69) is 31.9 Å². The van der Waals surface area contributed by atoms with Gasteiger partial charge in [0, 0.05) is 18.0 Å². The molecule has 0 aliphatic heterocycles. The first-order valence-electron chi connectivity index (χ1n) is 7.70. The normalized spacial score (nSPS) is 12.1. The van der Waals surface area contributed by atoms with Gasteiger partial charge in [-0.05, 0) is 31.5 Å². The average Bonchev–Trinajstić information content (AvgIpc) is 2.99. The molecule has 0 radical (unpaired) electrons. The standard InChI is InChI=1S/C18H18N4OS/c1-13(23)14(2)24-18-21-20-17(16-8-10-19-11-9-16)22(18)12-15-6-4-3-5-7-15/h3-11,14H,12H2,1-2H3/t14-/m0/s1. The van der Waals surface area contributed by atoms with E-state index < -0.39 is 0 Å². The van der Waals surface area contributed by atoms with Crippen molar-refractivity contribution in [3.05, 3.63) is 60.4 Å². The van der Waals surface area contributed by atoms with Gasteiger partial charge in [0.2, 0.25) is 0 Å². The second-order valence-corrected chi connectivity index (χ2v) is 6.79. The molecule has 3 aromatic rings. The first kappa shape index (κ1) is 16.4. The lowest BCUT2D eigenvalue weighted by molar-refractivity contribution is -0.116. The fraction of sp³-hybridized carbons (Fsp3) is 0.222. The van der Waals surface area contributed by atoms with E-state index >= 15 is 0 Å². The summed E-state index contributed by atoms with van der Waals surface area (Å²) in [5, 5.41) is 9.25. The number of pyridine rings is 1. The smallest absolute Gasteiger partial charge is 0.192 e. The molecule has 3 rings (SSSR count). The van der Waals surface area contributed by atoms with E-state index in [-0.39, 0.29) is 11.0 Å². The molecule has 2 heterocycles. The third-order valence-corrected chi connectivity index (χ3v) is 4.89. The Morgan fingerprint density at radius 2 is 1.83 bits per heavy atom. The molecule has 1 aromatic carbocycles. The predicted octanol–water partition coefficient (Wildman–Crippen LogP) is 3.46. The number of hydrogen-bond acceptors (Lipinski definition) is 5. The van der Waals surface area contributed by atoms with E-state index in [1.54, 1.807) is 19.3 Å². The summed E-state index contributed by atoms with van der Waals surface area (Å²) in [6.45, 7) is 4.14. The van der Waals surface area contributed by atoms with Gasteiger partial charge >= 0.3 is 0 Å². The Bertz CT molecular complexity index is 818. The summed E-state index contributed by atoms with van der Waals surface area (Å²) >= 11 is 1.44. The maximum absolute atomic E-state index is 11.6. The number of aromatic nitrogens is 4. The Balaban J connectivity index is 2.00. The van der Waals surface area contributed by atoms with Crippen molar-refractivity contribution >= 4 is 17.5 Å². The number of carbonyl (C=O) groups excluding carboxylic acids is 1. The maximum atomic E-state index is 11.6. The molecule has 5 nitrogen and oxygen atoms in total. The molecule has 0 fully saturated rings. The fourth-order valence-electron chi connectivity index (χ4n) is 2.24. The van der Waals surface area contributed by atoms with Crippen LogP contribution in [0.25, 0.3) is 11.4 Å². The first-order valence-corrected chi connectivity index (χ1v) is 8.57. The van der Waals surface area contributed by atoms with Crippen LogP contribution in [0.4, 0.5) is 0 Å². The van der Waals surface area contributed by atoms with Crippen LogP contribution in [0, 0.1) is 0 Å². The van der Waals surface area contributed by atoms with Crippen molar-refractivity contribution in [1.82, 2.24) is 19.7 Å². The highest BCUT2D eigenvalue weighted by Crippen LogP contribution is 2.27. The van der Waals surface area contributed by atoms with Crippen molar-refractivity contribution in [3.8, 4) is 11.4 Å². The van der Waals surface area contributed by atoms with E-state index in [4.69, 9.17) is 0 Å². The molecule has 0 N–H and O–H groups in total. The maximum Gasteiger partial charge on any atom is 0.192 e. The summed E-state index contributed by atoms with van der Waals surface area (Å²) in [6, 6.07) is 14.0. The zero-order valence-electron chi connectivity index (χ0n) is 13.6. The molecule has 0 amide bonds. The first-order chi connectivity index (χ1) is 11.6. The van der Waals surface area contributed by atoms with Crippen LogP contribution in [0.5, 0.6) is 0 Å². The highest BCUT2D eigenvalue weighted by Gasteiger charge is 2.19. The molecule has 24 heavy (non-hydrogen) atoms. The van der Waals surface area contributed by atoms with Gasteiger partial charge < -0.3 is 0 Å². The van der Waals surface area contributed by atoms with Crippen LogP contribution in [0.2, 0.25) is 0 Å². The lowest BCUT2D eigenvalue weighted by Crippen LogP contribution is -2.11. The van der Waals surface area contributed by atoms with Gasteiger partial charge in [-0.2, -0.15) is 0 Å². The number of hydrogen-bond donors (Lipinski definition) is 0. The second kappa shape index (κ2) is 7.40. The van der Waals surface area contributed by atoms with Crippen LogP contribution in [0.15, 0.2) is 60.0 Å². The van der Waals surface area contributed by atoms with Crippen LogP contribution in [-0.2, 0) is 11.3 Å². The fourth-order valence-corrected chi connectivity index (χ4v) is 3.09. The number of nitrogens with zero attached hydrogens (tertiary/aromatic N) is 4. The van der Waals surface area contributed by atoms with Crippen LogP contribution in [-0.4, -0.2) is 30.8 Å². The Kier molecular flexibility index (Phi) is 5.05. The minimum atomic E-state index is -0.158. The molecule has 0 aliphatic carbocycles. The van der Waals surface area contributed by atoms with Crippen molar-refractivity contribution in [2.45, 2.75) is 30.8 Å². The zero-order valence-corrected chi connectivity index (χ0v) is 14.4. The van der Waals surface area contributed by atoms with Crippen molar-refractivity contribution in [2.24, 2.45) is 0 Å². The van der Waals surface area contributed by atoms with Gasteiger partial charge in [0.1, 0.15) is 5.78 Å². The van der Waals surface area contributed by atoms with Crippen LogP contribution < -0.4 is 0 Å². The molecule has 0 unspecified atom stereocenters. The van der Waals surface area contributed by atoms with Crippen molar-refractivity contribution < 1.29 is 4.79 Å². The minimum absolute atomic E-state index is 0.125. The number of thioether (sulfide) groups is 1. The molecular formula is C18H18N4OS. The van der Waals surface area contributed by atoms with Gasteiger partial charge in [0.05, 0.1) is 11.8 Å². The van der Waals surface area contributed by atoms with Crippen molar-refractivity contribution in [3.63, 3.8) is 0 Å². The van der Waals surface area contributed by atoms with E-state index in [0.717, 1.165) is 22.1 Å². The summed E-state index contributed by atoms with van der Waals surface area (Å²) < 4.78 is 2.05. The topological polar surface area (TPSA) is 60.7 Å². The van der Waals surface area contributed by atoms with Crippen molar-refractivity contribution in [1.29, 1.82) is 0 Å². The molecule has 0 saturated heterocycles. The van der Waals surface area contributed by atoms with Gasteiger partial charge in [0.15, 0.2) is 11.0 Å². The zero-order chi connectivity index (χ0) is 16.9. The Morgan fingerprint density at radius 3 is 2.50 bits per heavy atom. The van der Waals surface area contributed by atoms with Gasteiger partial charge in [-0.25, -0.2) is 0 Å². The van der Waals surface area contributed by atoms with Gasteiger partial charge in [0.25, 0.3) is 0 Å². The highest BCUT2D eigenvalue weighted by molar-refractivity contribution is 8.00. The van der Waals surface area contributed by atoms with Crippen LogP contribution in [0.1, 0.15) is 19.4 Å². The second-order valence-electron chi connectivity index (χ2n) is 5.48. The predicted molar refractivity (Wildman–Crippen MR) is 94.8 cm³/mol. The molecule has 0 aliphatic rings. The largest absolute Gasteiger partial charge is 0.299 e. The van der Waals surface area contributed by atoms with Crippen LogP contribution in [0.3, 0.4) is 0 Å². The van der Waals surface area contributed by atoms with Gasteiger partial charge in [-0.3, -0.25) is 14.3 Å². The highest BCUT2D eigenvalue weighted by atomic mass is 32.2. The molecule has 0 bridgehead atoms. The Labute approximate surface area is 145 Å². The van der Waals surface area contributed by atoms with E-state index in [1.807, 2.05) is 37.3 Å². The molecular weight excluding hydrogens is 320 g/mol. The third kappa shape index (κ3) is 3.71. The lowest BCUT2D eigenvalue weighted by Gasteiger charge is -2.12. The Morgan fingerprint density at radius 1 is 1.12 bits per heavy atom. The summed E-state index contributed by atoms with van der Waals surface area (Å²) in [4.78, 5) is 15.7. The van der Waals surface area contributed by atoms with Gasteiger partial charge in [-0.1, -0.05) is 42.1 Å². The monoisotopic (exact) mass is 338 g/mol. The van der Waals surface area contributed by atoms with E-state index in [9.17, 15) is 4.79 Å². The quantitative estimate of drug-likeness (QED) is 0.644. The number of benzene rings is 1. The average molecular weight is 338 g/mol. The van der Waals surface area contributed by atoms with Crippen LogP contribution >= 0.6 is 11.8 Å². The summed E-state index contributed by atoms with van der Waals surface area (Å²) in [7, 11) is 0. The lowest BCUT2D eigenvalue weighted by atomic mass is 10.2. The number of carbonyl (C=O) groups is 1. The minimum Gasteiger partial charge on any atom is -0.299 e. The molecule has 0 saturated carbocycles. The van der Waals surface area contributed by atoms with E-state index in [1.165, 1.54) is 11.8 Å². The summed E-state index contributed by atoms with van der Waals surface area (Å²) in [5.41, 5.74) is 2.11. The number of rotatable bonds is 6. The summed E-state index contributed by atoms with van der Waals surface area (Å²) in [5.74, 6) is 0.902. The summed E-state index contributed by atoms with van der Waals surface area (Å²) in [6.07, 6.45) is 3.48. The Hall–Kier alpha value is -2.47. The number of ketones is 1. The SMILES string of the molecule is CC(=O)[C@H](C)Sc1nnc(-c2ccncc2)n1Cc1ccccc1. The van der Waals surface area contributed by atoms with Crippen molar-refractivity contribution in [2.75, 3.05) is 0 Å². The molecule has 122 valence electrons. The molecule has 1 atom stereocenters. The van der Waals surface area contributed by atoms with E-state index in [0.29, 0.717) is 6.54 Å². The third-order valence-electron chi connectivity index (χ3n) is 3.69. The molecule has 6 heteroatoms. The number of Topliss-reactive ketones (excluding diaryl/α,β-unsaturated/α-hetero) is 1.